The van der Waals surface area contributed by atoms with Crippen LogP contribution < -0.4 is 10.9 Å². The number of furan rings is 1. The molecule has 144 valence electrons. The Labute approximate surface area is 158 Å². The summed E-state index contributed by atoms with van der Waals surface area (Å²) in [5.74, 6) is -2.50. The standard InChI is InChI=1S/C19H17N3O6/c1-11(2)22-18(25)13-7-4-3-6-12(13)16(21-22)19(26)28-10-15(23)20-17(24)14-8-5-9-27-14/h3-9,11H,10H2,1-2H3,(H,20,23,24). The highest BCUT2D eigenvalue weighted by Gasteiger charge is 2.20. The normalized spacial score (nSPS) is 10.8. The lowest BCUT2D eigenvalue weighted by Gasteiger charge is -2.13. The van der Waals surface area contributed by atoms with Crippen LogP contribution in [0.15, 0.2) is 51.9 Å². The highest BCUT2D eigenvalue weighted by molar-refractivity contribution is 6.05. The van der Waals surface area contributed by atoms with E-state index in [1.54, 1.807) is 38.1 Å². The van der Waals surface area contributed by atoms with Gasteiger partial charge < -0.3 is 9.15 Å². The summed E-state index contributed by atoms with van der Waals surface area (Å²) >= 11 is 0. The predicted octanol–water partition coefficient (Wildman–Crippen LogP) is 1.68. The van der Waals surface area contributed by atoms with Crippen LogP contribution in [0, 0.1) is 0 Å². The maximum atomic E-state index is 12.5. The number of aromatic nitrogens is 2. The van der Waals surface area contributed by atoms with Gasteiger partial charge in [0.25, 0.3) is 17.4 Å². The van der Waals surface area contributed by atoms with E-state index in [4.69, 9.17) is 9.15 Å². The third-order valence-electron chi connectivity index (χ3n) is 3.84. The van der Waals surface area contributed by atoms with E-state index in [0.29, 0.717) is 10.8 Å². The van der Waals surface area contributed by atoms with Crippen LogP contribution in [-0.2, 0) is 9.53 Å². The zero-order valence-electron chi connectivity index (χ0n) is 15.2. The summed E-state index contributed by atoms with van der Waals surface area (Å²) in [5, 5.41) is 6.77. The van der Waals surface area contributed by atoms with Gasteiger partial charge in [-0.25, -0.2) is 9.48 Å². The lowest BCUT2D eigenvalue weighted by atomic mass is 10.1. The van der Waals surface area contributed by atoms with Gasteiger partial charge in [-0.2, -0.15) is 5.10 Å². The number of carbonyl (C=O) groups is 3. The first kappa shape index (κ1) is 19.0. The van der Waals surface area contributed by atoms with Gasteiger partial charge in [0, 0.05) is 5.39 Å². The molecule has 0 aliphatic carbocycles. The number of amides is 2. The molecule has 28 heavy (non-hydrogen) atoms. The van der Waals surface area contributed by atoms with Crippen molar-refractivity contribution in [3.8, 4) is 0 Å². The molecule has 2 heterocycles. The number of fused-ring (bicyclic) bond motifs is 1. The summed E-state index contributed by atoms with van der Waals surface area (Å²) < 4.78 is 11.0. The molecule has 1 N–H and O–H groups in total. The van der Waals surface area contributed by atoms with Crippen molar-refractivity contribution in [1.82, 2.24) is 15.1 Å². The molecule has 0 fully saturated rings. The second kappa shape index (κ2) is 7.87. The van der Waals surface area contributed by atoms with Gasteiger partial charge in [-0.05, 0) is 32.0 Å². The summed E-state index contributed by atoms with van der Waals surface area (Å²) in [5.41, 5.74) is -0.419. The van der Waals surface area contributed by atoms with Crippen LogP contribution >= 0.6 is 0 Å². The van der Waals surface area contributed by atoms with E-state index in [9.17, 15) is 19.2 Å². The minimum Gasteiger partial charge on any atom is -0.459 e. The molecule has 0 bridgehead atoms. The highest BCUT2D eigenvalue weighted by atomic mass is 16.5. The number of hydrogen-bond donors (Lipinski definition) is 1. The van der Waals surface area contributed by atoms with Crippen molar-refractivity contribution >= 4 is 28.6 Å². The zero-order valence-corrected chi connectivity index (χ0v) is 15.2. The molecule has 0 spiro atoms. The van der Waals surface area contributed by atoms with Gasteiger partial charge in [0.1, 0.15) is 0 Å². The van der Waals surface area contributed by atoms with Crippen LogP contribution in [0.3, 0.4) is 0 Å². The molecule has 0 saturated carbocycles. The van der Waals surface area contributed by atoms with Crippen LogP contribution in [0.25, 0.3) is 10.8 Å². The Bertz CT molecular complexity index is 1100. The Hall–Kier alpha value is -3.75. The van der Waals surface area contributed by atoms with Gasteiger partial charge in [-0.1, -0.05) is 18.2 Å². The summed E-state index contributed by atoms with van der Waals surface area (Å²) in [7, 11) is 0. The highest BCUT2D eigenvalue weighted by Crippen LogP contribution is 2.15. The van der Waals surface area contributed by atoms with Crippen molar-refractivity contribution in [1.29, 1.82) is 0 Å². The fourth-order valence-corrected chi connectivity index (χ4v) is 2.54. The Morgan fingerprint density at radius 3 is 2.50 bits per heavy atom. The maximum Gasteiger partial charge on any atom is 0.359 e. The Morgan fingerprint density at radius 1 is 1.14 bits per heavy atom. The average molecular weight is 383 g/mol. The summed E-state index contributed by atoms with van der Waals surface area (Å²) in [6.07, 6.45) is 1.29. The zero-order chi connectivity index (χ0) is 20.3. The van der Waals surface area contributed by atoms with Gasteiger partial charge in [0.15, 0.2) is 18.1 Å². The SMILES string of the molecule is CC(C)n1nc(C(=O)OCC(=O)NC(=O)c2ccco2)c2ccccc2c1=O. The molecular formula is C19H17N3O6. The van der Waals surface area contributed by atoms with Crippen LogP contribution in [0.1, 0.15) is 40.9 Å². The number of rotatable bonds is 5. The summed E-state index contributed by atoms with van der Waals surface area (Å²) in [6, 6.07) is 9.11. The molecule has 9 heteroatoms. The summed E-state index contributed by atoms with van der Waals surface area (Å²) in [4.78, 5) is 48.6. The summed E-state index contributed by atoms with van der Waals surface area (Å²) in [6.45, 7) is 2.82. The lowest BCUT2D eigenvalue weighted by Crippen LogP contribution is -2.34. The van der Waals surface area contributed by atoms with Crippen molar-refractivity contribution in [3.05, 3.63) is 64.5 Å². The van der Waals surface area contributed by atoms with Crippen LogP contribution in [0.4, 0.5) is 0 Å². The van der Waals surface area contributed by atoms with E-state index < -0.39 is 24.4 Å². The fraction of sp³-hybridized carbons (Fsp3) is 0.211. The van der Waals surface area contributed by atoms with E-state index in [2.05, 4.69) is 5.10 Å². The molecule has 3 rings (SSSR count). The van der Waals surface area contributed by atoms with E-state index in [1.165, 1.54) is 23.1 Å². The van der Waals surface area contributed by atoms with Crippen molar-refractivity contribution in [2.24, 2.45) is 0 Å². The number of imide groups is 1. The number of benzene rings is 1. The third kappa shape index (κ3) is 3.83. The van der Waals surface area contributed by atoms with Gasteiger partial charge in [-0.3, -0.25) is 19.7 Å². The molecule has 0 aliphatic heterocycles. The van der Waals surface area contributed by atoms with Crippen molar-refractivity contribution in [2.45, 2.75) is 19.9 Å². The average Bonchev–Trinajstić information content (AvgIpc) is 3.21. The van der Waals surface area contributed by atoms with Crippen molar-refractivity contribution in [2.75, 3.05) is 6.61 Å². The van der Waals surface area contributed by atoms with E-state index in [1.807, 2.05) is 5.32 Å². The van der Waals surface area contributed by atoms with Crippen molar-refractivity contribution in [3.63, 3.8) is 0 Å². The molecular weight excluding hydrogens is 366 g/mol. The number of carbonyl (C=O) groups excluding carboxylic acids is 3. The molecule has 0 unspecified atom stereocenters. The number of nitrogens with one attached hydrogen (secondary N) is 1. The smallest absolute Gasteiger partial charge is 0.359 e. The molecule has 0 saturated heterocycles. The molecule has 3 aromatic rings. The van der Waals surface area contributed by atoms with Crippen LogP contribution in [-0.4, -0.2) is 34.2 Å². The second-order valence-electron chi connectivity index (χ2n) is 6.17. The first-order chi connectivity index (χ1) is 13.4. The molecule has 0 radical (unpaired) electrons. The Kier molecular flexibility index (Phi) is 5.35. The lowest BCUT2D eigenvalue weighted by molar-refractivity contribution is -0.123. The maximum absolute atomic E-state index is 12.5. The van der Waals surface area contributed by atoms with Gasteiger partial charge >= 0.3 is 5.97 Å². The topological polar surface area (TPSA) is 120 Å². The second-order valence-corrected chi connectivity index (χ2v) is 6.17. The first-order valence-corrected chi connectivity index (χ1v) is 8.45. The van der Waals surface area contributed by atoms with Gasteiger partial charge in [0.05, 0.1) is 17.7 Å². The Morgan fingerprint density at radius 2 is 1.86 bits per heavy atom. The quantitative estimate of drug-likeness (QED) is 0.666. The number of esters is 1. The number of hydrogen-bond acceptors (Lipinski definition) is 7. The number of ether oxygens (including phenoxy) is 1. The fourth-order valence-electron chi connectivity index (χ4n) is 2.54. The minimum atomic E-state index is -0.883. The van der Waals surface area contributed by atoms with Gasteiger partial charge in [0.2, 0.25) is 0 Å². The number of nitrogens with zero attached hydrogens (tertiary/aromatic N) is 2. The van der Waals surface area contributed by atoms with E-state index >= 15 is 0 Å². The molecule has 0 atom stereocenters. The first-order valence-electron chi connectivity index (χ1n) is 8.45. The van der Waals surface area contributed by atoms with Gasteiger partial charge in [-0.15, -0.1) is 0 Å². The minimum absolute atomic E-state index is 0.0450. The van der Waals surface area contributed by atoms with E-state index in [0.717, 1.165) is 0 Å². The molecule has 2 amide bonds. The monoisotopic (exact) mass is 383 g/mol. The van der Waals surface area contributed by atoms with Crippen LogP contribution in [0.2, 0.25) is 0 Å². The molecule has 2 aromatic heterocycles. The molecule has 1 aromatic carbocycles. The Balaban J connectivity index is 1.78. The molecule has 0 aliphatic rings. The van der Waals surface area contributed by atoms with E-state index in [-0.39, 0.29) is 23.1 Å². The largest absolute Gasteiger partial charge is 0.459 e. The predicted molar refractivity (Wildman–Crippen MR) is 97.9 cm³/mol. The van der Waals surface area contributed by atoms with Crippen molar-refractivity contribution < 1.29 is 23.5 Å². The van der Waals surface area contributed by atoms with Crippen LogP contribution in [0.5, 0.6) is 0 Å². The third-order valence-corrected chi connectivity index (χ3v) is 3.84. The molecule has 9 nitrogen and oxygen atoms in total.